The Morgan fingerprint density at radius 2 is 0.523 bits per heavy atom. The fourth-order valence-corrected chi connectivity index (χ4v) is 12.0. The van der Waals surface area contributed by atoms with Gasteiger partial charge in [0.2, 0.25) is 0 Å². The van der Waals surface area contributed by atoms with Crippen molar-refractivity contribution in [1.29, 1.82) is 0 Å². The van der Waals surface area contributed by atoms with Crippen LogP contribution in [0.2, 0.25) is 0 Å². The summed E-state index contributed by atoms with van der Waals surface area (Å²) in [6.07, 6.45) is 45.8. The van der Waals surface area contributed by atoms with Crippen LogP contribution in [0.4, 0.5) is 0 Å². The molecule has 5 atom stereocenters. The number of aliphatic hydroxyl groups excluding tert-OH is 1. The number of phosphoric acid groups is 2. The normalized spacial score (nSPS) is 14.2. The molecule has 0 heterocycles. The Balaban J connectivity index is 5.25. The van der Waals surface area contributed by atoms with Gasteiger partial charge in [0.05, 0.1) is 26.4 Å². The molecule has 0 amide bonds. The SMILES string of the molecule is CCCCCCCCCCCCCCCCC(=O)O[C@H](COC(=O)CCCCCCCCCCCCC(C)C)COP(=O)(O)OC[C@@H](O)COP(=O)(O)OC[C@@H](COC(=O)CCCCCCCCCC(C)C)OC(=O)CCCCCCCCCCCCC. The van der Waals surface area contributed by atoms with Crippen LogP contribution in [0.5, 0.6) is 0 Å². The number of rotatable bonds is 68. The van der Waals surface area contributed by atoms with Crippen molar-refractivity contribution in [2.75, 3.05) is 39.6 Å². The third-order valence-electron chi connectivity index (χ3n) is 16.0. The molecule has 0 rings (SSSR count). The van der Waals surface area contributed by atoms with Gasteiger partial charge in [-0.1, -0.05) is 298 Å². The fraction of sp³-hybridized carbons (Fsp3) is 0.942. The Morgan fingerprint density at radius 1 is 0.307 bits per heavy atom. The minimum absolute atomic E-state index is 0.106. The molecule has 0 saturated carbocycles. The Bertz CT molecular complexity index is 1720. The molecule has 0 aliphatic heterocycles. The van der Waals surface area contributed by atoms with E-state index in [1.54, 1.807) is 0 Å². The van der Waals surface area contributed by atoms with Crippen LogP contribution in [-0.2, 0) is 65.4 Å². The van der Waals surface area contributed by atoms with E-state index < -0.39 is 97.5 Å². The van der Waals surface area contributed by atoms with Crippen LogP contribution in [0, 0.1) is 11.8 Å². The first-order valence-electron chi connectivity index (χ1n) is 36.0. The van der Waals surface area contributed by atoms with E-state index in [1.165, 1.54) is 161 Å². The van der Waals surface area contributed by atoms with Gasteiger partial charge in [0.15, 0.2) is 12.2 Å². The summed E-state index contributed by atoms with van der Waals surface area (Å²) in [6, 6.07) is 0. The van der Waals surface area contributed by atoms with Crippen molar-refractivity contribution in [3.8, 4) is 0 Å². The molecular formula is C69H134O17P2. The van der Waals surface area contributed by atoms with Crippen molar-refractivity contribution in [3.05, 3.63) is 0 Å². The molecule has 2 unspecified atom stereocenters. The molecule has 0 fully saturated rings. The lowest BCUT2D eigenvalue weighted by Crippen LogP contribution is -2.30. The molecule has 0 aliphatic carbocycles. The predicted molar refractivity (Wildman–Crippen MR) is 354 cm³/mol. The second-order valence-corrected chi connectivity index (χ2v) is 28.8. The highest BCUT2D eigenvalue weighted by atomic mass is 31.2. The van der Waals surface area contributed by atoms with Crippen LogP contribution in [0.15, 0.2) is 0 Å². The summed E-state index contributed by atoms with van der Waals surface area (Å²) in [5.41, 5.74) is 0. The van der Waals surface area contributed by atoms with E-state index in [2.05, 4.69) is 41.5 Å². The summed E-state index contributed by atoms with van der Waals surface area (Å²) in [6.45, 7) is 9.48. The molecule has 19 heteroatoms. The van der Waals surface area contributed by atoms with Gasteiger partial charge in [-0.25, -0.2) is 9.13 Å². The van der Waals surface area contributed by atoms with E-state index in [4.69, 9.17) is 37.0 Å². The third kappa shape index (κ3) is 62.8. The van der Waals surface area contributed by atoms with Gasteiger partial charge in [-0.15, -0.1) is 0 Å². The van der Waals surface area contributed by atoms with Crippen molar-refractivity contribution in [1.82, 2.24) is 0 Å². The minimum atomic E-state index is -4.95. The second kappa shape index (κ2) is 61.3. The van der Waals surface area contributed by atoms with Gasteiger partial charge in [-0.05, 0) is 37.5 Å². The van der Waals surface area contributed by atoms with E-state index in [1.807, 2.05) is 0 Å². The Hall–Kier alpha value is -1.94. The molecule has 0 spiro atoms. The first-order valence-corrected chi connectivity index (χ1v) is 39.0. The average Bonchev–Trinajstić information content (AvgIpc) is 3.58. The summed E-state index contributed by atoms with van der Waals surface area (Å²) in [4.78, 5) is 72.5. The maximum Gasteiger partial charge on any atom is 0.472 e. The van der Waals surface area contributed by atoms with Crippen LogP contribution >= 0.6 is 15.6 Å². The summed E-state index contributed by atoms with van der Waals surface area (Å²) in [7, 11) is -9.90. The van der Waals surface area contributed by atoms with Crippen molar-refractivity contribution in [2.45, 2.75) is 368 Å². The Labute approximate surface area is 537 Å². The number of hydrogen-bond acceptors (Lipinski definition) is 15. The highest BCUT2D eigenvalue weighted by Gasteiger charge is 2.30. The van der Waals surface area contributed by atoms with Gasteiger partial charge in [0, 0.05) is 25.7 Å². The van der Waals surface area contributed by atoms with Crippen LogP contribution in [0.25, 0.3) is 0 Å². The lowest BCUT2D eigenvalue weighted by molar-refractivity contribution is -0.161. The summed E-state index contributed by atoms with van der Waals surface area (Å²) >= 11 is 0. The average molecular weight is 1300 g/mol. The lowest BCUT2D eigenvalue weighted by atomic mass is 10.0. The lowest BCUT2D eigenvalue weighted by Gasteiger charge is -2.21. The van der Waals surface area contributed by atoms with Crippen LogP contribution in [-0.4, -0.2) is 96.7 Å². The maximum atomic E-state index is 13.0. The van der Waals surface area contributed by atoms with Crippen LogP contribution < -0.4 is 0 Å². The monoisotopic (exact) mass is 1300 g/mol. The molecule has 0 aromatic carbocycles. The molecular weight excluding hydrogens is 1160 g/mol. The molecule has 0 saturated heterocycles. The zero-order valence-electron chi connectivity index (χ0n) is 57.0. The number of aliphatic hydroxyl groups is 1. The number of phosphoric ester groups is 2. The molecule has 0 aromatic rings. The van der Waals surface area contributed by atoms with E-state index in [9.17, 15) is 43.2 Å². The second-order valence-electron chi connectivity index (χ2n) is 25.9. The number of ether oxygens (including phenoxy) is 4. The van der Waals surface area contributed by atoms with Crippen LogP contribution in [0.1, 0.15) is 350 Å². The molecule has 0 bridgehead atoms. The molecule has 0 aliphatic rings. The van der Waals surface area contributed by atoms with Crippen molar-refractivity contribution in [3.63, 3.8) is 0 Å². The summed E-state index contributed by atoms with van der Waals surface area (Å²) < 4.78 is 68.2. The van der Waals surface area contributed by atoms with Crippen molar-refractivity contribution < 1.29 is 80.2 Å². The number of unbranched alkanes of at least 4 members (excludes halogenated alkanes) is 38. The Morgan fingerprint density at radius 3 is 0.773 bits per heavy atom. The van der Waals surface area contributed by atoms with Gasteiger partial charge in [-0.2, -0.15) is 0 Å². The van der Waals surface area contributed by atoms with Gasteiger partial charge < -0.3 is 33.8 Å². The standard InChI is InChI=1S/C69H134O17P2/c1-7-9-11-13-15-17-19-20-21-23-29-35-42-48-54-69(74)85-64(57-79-66(71)51-45-39-33-27-25-24-26-31-37-43-49-61(3)4)59-83-87(75,76)81-55-63(70)56-82-88(77,78)84-60-65(58-80-67(72)52-46-40-36-30-32-38-44-50-62(5)6)86-68(73)53-47-41-34-28-22-18-16-14-12-10-8-2/h61-65,70H,7-60H2,1-6H3,(H,75,76)(H,77,78)/t63-,64-,65-/m1/s1. The molecule has 0 aromatic heterocycles. The predicted octanol–water partition coefficient (Wildman–Crippen LogP) is 19.6. The number of hydrogen-bond donors (Lipinski definition) is 3. The van der Waals surface area contributed by atoms with Gasteiger partial charge in [-0.3, -0.25) is 37.3 Å². The zero-order chi connectivity index (χ0) is 65.0. The highest BCUT2D eigenvalue weighted by Crippen LogP contribution is 2.45. The molecule has 522 valence electrons. The quantitative estimate of drug-likeness (QED) is 0.0222. The molecule has 0 radical (unpaired) electrons. The first-order chi connectivity index (χ1) is 42.4. The molecule has 3 N–H and O–H groups in total. The van der Waals surface area contributed by atoms with Gasteiger partial charge in [0.25, 0.3) is 0 Å². The first kappa shape index (κ1) is 86.1. The van der Waals surface area contributed by atoms with Crippen molar-refractivity contribution in [2.24, 2.45) is 11.8 Å². The number of carbonyl (C=O) groups excluding carboxylic acids is 4. The van der Waals surface area contributed by atoms with Gasteiger partial charge in [0.1, 0.15) is 19.3 Å². The zero-order valence-corrected chi connectivity index (χ0v) is 58.8. The minimum Gasteiger partial charge on any atom is -0.462 e. The molecule has 88 heavy (non-hydrogen) atoms. The number of esters is 4. The third-order valence-corrected chi connectivity index (χ3v) is 17.9. The highest BCUT2D eigenvalue weighted by molar-refractivity contribution is 7.47. The van der Waals surface area contributed by atoms with E-state index in [0.29, 0.717) is 31.6 Å². The number of carbonyl (C=O) groups is 4. The summed E-state index contributed by atoms with van der Waals surface area (Å²) in [5.74, 6) is -0.661. The fourth-order valence-electron chi connectivity index (χ4n) is 10.4. The molecule has 17 nitrogen and oxygen atoms in total. The maximum absolute atomic E-state index is 13.0. The van der Waals surface area contributed by atoms with E-state index in [0.717, 1.165) is 102 Å². The Kier molecular flexibility index (Phi) is 59.9. The summed E-state index contributed by atoms with van der Waals surface area (Å²) in [5, 5.41) is 10.6. The van der Waals surface area contributed by atoms with Crippen molar-refractivity contribution >= 4 is 39.5 Å². The topological polar surface area (TPSA) is 237 Å². The largest absolute Gasteiger partial charge is 0.472 e. The van der Waals surface area contributed by atoms with E-state index in [-0.39, 0.29) is 25.7 Å². The van der Waals surface area contributed by atoms with Gasteiger partial charge >= 0.3 is 39.5 Å². The smallest absolute Gasteiger partial charge is 0.462 e. The van der Waals surface area contributed by atoms with Crippen LogP contribution in [0.3, 0.4) is 0 Å². The van der Waals surface area contributed by atoms with E-state index >= 15 is 0 Å².